The first-order chi connectivity index (χ1) is 9.85. The standard InChI is InChI=1S/C15H33N3O2S/c1-5-10-16-11-7-12-17(4)21(19,20)18-13-8-15(3,6-2)9-14-18/h16H,5-14H2,1-4H3. The Bertz CT molecular complexity index is 390. The number of nitrogens with one attached hydrogen (secondary N) is 1. The second-order valence-corrected chi connectivity index (χ2v) is 8.53. The van der Waals surface area contributed by atoms with Gasteiger partial charge in [0.2, 0.25) is 0 Å². The molecule has 0 amide bonds. The lowest BCUT2D eigenvalue weighted by Gasteiger charge is -2.39. The van der Waals surface area contributed by atoms with Gasteiger partial charge in [-0.25, -0.2) is 0 Å². The van der Waals surface area contributed by atoms with E-state index in [0.29, 0.717) is 25.0 Å². The molecule has 0 unspecified atom stereocenters. The Balaban J connectivity index is 2.42. The van der Waals surface area contributed by atoms with Crippen molar-refractivity contribution in [2.75, 3.05) is 39.8 Å². The zero-order valence-corrected chi connectivity index (χ0v) is 15.0. The van der Waals surface area contributed by atoms with E-state index in [9.17, 15) is 8.42 Å². The molecule has 0 bridgehead atoms. The molecular weight excluding hydrogens is 286 g/mol. The molecule has 0 aromatic rings. The third kappa shape index (κ3) is 5.51. The number of hydrogen-bond donors (Lipinski definition) is 1. The van der Waals surface area contributed by atoms with Crippen molar-refractivity contribution in [3.05, 3.63) is 0 Å². The van der Waals surface area contributed by atoms with E-state index in [2.05, 4.69) is 26.1 Å². The zero-order chi connectivity index (χ0) is 15.9. The summed E-state index contributed by atoms with van der Waals surface area (Å²) in [6.45, 7) is 10.4. The van der Waals surface area contributed by atoms with E-state index in [1.165, 1.54) is 4.31 Å². The predicted molar refractivity (Wildman–Crippen MR) is 88.5 cm³/mol. The highest BCUT2D eigenvalue weighted by Gasteiger charge is 2.35. The molecule has 0 aromatic heterocycles. The van der Waals surface area contributed by atoms with Gasteiger partial charge in [-0.05, 0) is 44.2 Å². The van der Waals surface area contributed by atoms with Gasteiger partial charge in [-0.3, -0.25) is 0 Å². The summed E-state index contributed by atoms with van der Waals surface area (Å²) in [5.41, 5.74) is 0.314. The van der Waals surface area contributed by atoms with Crippen LogP contribution in [0.5, 0.6) is 0 Å². The molecule has 5 nitrogen and oxygen atoms in total. The maximum absolute atomic E-state index is 12.5. The van der Waals surface area contributed by atoms with Crippen molar-refractivity contribution in [2.24, 2.45) is 5.41 Å². The van der Waals surface area contributed by atoms with Crippen molar-refractivity contribution in [3.63, 3.8) is 0 Å². The minimum Gasteiger partial charge on any atom is -0.317 e. The molecular formula is C15H33N3O2S. The van der Waals surface area contributed by atoms with Crippen LogP contribution in [0.2, 0.25) is 0 Å². The lowest BCUT2D eigenvalue weighted by molar-refractivity contribution is 0.163. The minimum absolute atomic E-state index is 0.314. The van der Waals surface area contributed by atoms with Crippen LogP contribution in [-0.4, -0.2) is 56.8 Å². The largest absolute Gasteiger partial charge is 0.317 e. The van der Waals surface area contributed by atoms with Gasteiger partial charge in [-0.15, -0.1) is 0 Å². The molecule has 1 heterocycles. The fourth-order valence-corrected chi connectivity index (χ4v) is 4.05. The van der Waals surface area contributed by atoms with Gasteiger partial charge in [-0.1, -0.05) is 27.2 Å². The number of nitrogens with zero attached hydrogens (tertiary/aromatic N) is 2. The van der Waals surface area contributed by atoms with Crippen LogP contribution in [0.1, 0.15) is 52.9 Å². The molecule has 1 N–H and O–H groups in total. The topological polar surface area (TPSA) is 52.7 Å². The van der Waals surface area contributed by atoms with Crippen LogP contribution in [-0.2, 0) is 10.2 Å². The monoisotopic (exact) mass is 319 g/mol. The zero-order valence-electron chi connectivity index (χ0n) is 14.2. The minimum atomic E-state index is -3.27. The molecule has 0 radical (unpaired) electrons. The smallest absolute Gasteiger partial charge is 0.281 e. The highest BCUT2D eigenvalue weighted by atomic mass is 32.2. The maximum Gasteiger partial charge on any atom is 0.281 e. The van der Waals surface area contributed by atoms with Gasteiger partial charge in [-0.2, -0.15) is 17.0 Å². The first kappa shape index (κ1) is 18.9. The summed E-state index contributed by atoms with van der Waals surface area (Å²) in [5.74, 6) is 0. The Kier molecular flexibility index (Phi) is 7.60. The van der Waals surface area contributed by atoms with Crippen molar-refractivity contribution < 1.29 is 8.42 Å². The van der Waals surface area contributed by atoms with E-state index in [1.807, 2.05) is 0 Å². The van der Waals surface area contributed by atoms with Gasteiger partial charge in [0.15, 0.2) is 0 Å². The fraction of sp³-hybridized carbons (Fsp3) is 1.00. The normalized spacial score (nSPS) is 20.0. The van der Waals surface area contributed by atoms with Crippen molar-refractivity contribution in [1.29, 1.82) is 0 Å². The molecule has 0 saturated carbocycles. The molecule has 0 atom stereocenters. The first-order valence-corrected chi connectivity index (χ1v) is 9.67. The maximum atomic E-state index is 12.5. The van der Waals surface area contributed by atoms with Gasteiger partial charge in [0.25, 0.3) is 10.2 Å². The first-order valence-electron chi connectivity index (χ1n) is 8.28. The van der Waals surface area contributed by atoms with E-state index < -0.39 is 10.2 Å². The Hall–Kier alpha value is -0.170. The fourth-order valence-electron chi connectivity index (χ4n) is 2.65. The molecule has 0 spiro atoms. The Morgan fingerprint density at radius 1 is 1.19 bits per heavy atom. The molecule has 1 saturated heterocycles. The van der Waals surface area contributed by atoms with Crippen LogP contribution >= 0.6 is 0 Å². The summed E-state index contributed by atoms with van der Waals surface area (Å²) in [6, 6.07) is 0. The van der Waals surface area contributed by atoms with Gasteiger partial charge < -0.3 is 5.32 Å². The van der Waals surface area contributed by atoms with Crippen LogP contribution in [0, 0.1) is 5.41 Å². The van der Waals surface area contributed by atoms with Gasteiger partial charge >= 0.3 is 0 Å². The Labute approximate surface area is 131 Å². The van der Waals surface area contributed by atoms with E-state index in [4.69, 9.17) is 0 Å². The summed E-state index contributed by atoms with van der Waals surface area (Å²) < 4.78 is 28.2. The van der Waals surface area contributed by atoms with E-state index in [-0.39, 0.29) is 0 Å². The average Bonchev–Trinajstić information content (AvgIpc) is 2.47. The lowest BCUT2D eigenvalue weighted by atomic mass is 9.79. The number of piperidine rings is 1. The third-order valence-corrected chi connectivity index (χ3v) is 6.74. The lowest BCUT2D eigenvalue weighted by Crippen LogP contribution is -2.48. The molecule has 1 rings (SSSR count). The van der Waals surface area contributed by atoms with Crippen LogP contribution in [0.15, 0.2) is 0 Å². The van der Waals surface area contributed by atoms with Gasteiger partial charge in [0, 0.05) is 26.7 Å². The number of rotatable bonds is 9. The van der Waals surface area contributed by atoms with Crippen molar-refractivity contribution >= 4 is 10.2 Å². The van der Waals surface area contributed by atoms with Crippen LogP contribution in [0.25, 0.3) is 0 Å². The highest BCUT2D eigenvalue weighted by molar-refractivity contribution is 7.86. The molecule has 6 heteroatoms. The van der Waals surface area contributed by atoms with Crippen LogP contribution in [0.4, 0.5) is 0 Å². The molecule has 21 heavy (non-hydrogen) atoms. The summed E-state index contributed by atoms with van der Waals surface area (Å²) in [7, 11) is -1.58. The van der Waals surface area contributed by atoms with Crippen molar-refractivity contribution in [1.82, 2.24) is 13.9 Å². The van der Waals surface area contributed by atoms with E-state index in [0.717, 1.165) is 45.2 Å². The Morgan fingerprint density at radius 3 is 2.33 bits per heavy atom. The van der Waals surface area contributed by atoms with E-state index >= 15 is 0 Å². The predicted octanol–water partition coefficient (Wildman–Crippen LogP) is 2.06. The quantitative estimate of drug-likeness (QED) is 0.662. The summed E-state index contributed by atoms with van der Waals surface area (Å²) in [5, 5.41) is 3.30. The summed E-state index contributed by atoms with van der Waals surface area (Å²) >= 11 is 0. The summed E-state index contributed by atoms with van der Waals surface area (Å²) in [4.78, 5) is 0. The third-order valence-electron chi connectivity index (χ3n) is 4.76. The molecule has 126 valence electrons. The van der Waals surface area contributed by atoms with Gasteiger partial charge in [0.05, 0.1) is 0 Å². The second-order valence-electron chi connectivity index (χ2n) is 6.50. The second kappa shape index (κ2) is 8.46. The van der Waals surface area contributed by atoms with Crippen LogP contribution < -0.4 is 5.32 Å². The van der Waals surface area contributed by atoms with Crippen molar-refractivity contribution in [3.8, 4) is 0 Å². The summed E-state index contributed by atoms with van der Waals surface area (Å²) in [6.07, 6.45) is 5.03. The molecule has 0 aliphatic carbocycles. The average molecular weight is 320 g/mol. The highest BCUT2D eigenvalue weighted by Crippen LogP contribution is 2.35. The Morgan fingerprint density at radius 2 is 1.81 bits per heavy atom. The molecule has 1 fully saturated rings. The van der Waals surface area contributed by atoms with Crippen LogP contribution in [0.3, 0.4) is 0 Å². The van der Waals surface area contributed by atoms with E-state index in [1.54, 1.807) is 11.4 Å². The number of hydrogen-bond acceptors (Lipinski definition) is 3. The SMILES string of the molecule is CCCNCCCN(C)S(=O)(=O)N1CCC(C)(CC)CC1. The molecule has 1 aliphatic rings. The van der Waals surface area contributed by atoms with Crippen molar-refractivity contribution in [2.45, 2.75) is 52.9 Å². The molecule has 1 aliphatic heterocycles. The van der Waals surface area contributed by atoms with Gasteiger partial charge in [0.1, 0.15) is 0 Å². The molecule has 0 aromatic carbocycles.